The summed E-state index contributed by atoms with van der Waals surface area (Å²) in [6, 6.07) is 17.7. The molecule has 0 aliphatic carbocycles. The molecule has 136 valence electrons. The molecule has 0 saturated carbocycles. The predicted molar refractivity (Wildman–Crippen MR) is 108 cm³/mol. The molecule has 4 aromatic rings. The molecule has 6 heteroatoms. The molecule has 0 unspecified atom stereocenters. The van der Waals surface area contributed by atoms with E-state index in [4.69, 9.17) is 11.6 Å². The van der Waals surface area contributed by atoms with Crippen LogP contribution in [0, 0.1) is 5.82 Å². The lowest BCUT2D eigenvalue weighted by Gasteiger charge is -2.11. The third kappa shape index (κ3) is 3.89. The van der Waals surface area contributed by atoms with Crippen LogP contribution in [0.15, 0.2) is 66.0 Å². The van der Waals surface area contributed by atoms with Crippen LogP contribution in [-0.4, -0.2) is 10.5 Å². The maximum atomic E-state index is 13.3. The Morgan fingerprint density at radius 2 is 1.89 bits per heavy atom. The molecular weight excluding hydrogens is 383 g/mol. The van der Waals surface area contributed by atoms with Crippen LogP contribution < -0.4 is 5.32 Å². The predicted octanol–water partition coefficient (Wildman–Crippen LogP) is 5.47. The van der Waals surface area contributed by atoms with Crippen LogP contribution in [0.2, 0.25) is 5.02 Å². The molecule has 0 radical (unpaired) electrons. The third-order valence-corrected chi connectivity index (χ3v) is 5.42. The van der Waals surface area contributed by atoms with Crippen molar-refractivity contribution in [3.05, 3.63) is 93.7 Å². The SMILES string of the molecule is O=C(NCc1cccc(F)c1)c1cc2sccc2n1Cc1cccc(Cl)c1. The Morgan fingerprint density at radius 1 is 1.07 bits per heavy atom. The Balaban J connectivity index is 1.61. The van der Waals surface area contributed by atoms with Gasteiger partial charge in [-0.15, -0.1) is 11.3 Å². The number of fused-ring (bicyclic) bond motifs is 1. The molecule has 4 rings (SSSR count). The van der Waals surface area contributed by atoms with Gasteiger partial charge in [-0.25, -0.2) is 4.39 Å². The summed E-state index contributed by atoms with van der Waals surface area (Å²) in [5, 5.41) is 5.56. The molecule has 0 aliphatic rings. The van der Waals surface area contributed by atoms with Crippen molar-refractivity contribution in [1.82, 2.24) is 9.88 Å². The number of hydrogen-bond acceptors (Lipinski definition) is 2. The molecule has 2 heterocycles. The topological polar surface area (TPSA) is 34.0 Å². The Labute approximate surface area is 165 Å². The minimum Gasteiger partial charge on any atom is -0.347 e. The van der Waals surface area contributed by atoms with E-state index in [2.05, 4.69) is 5.32 Å². The second kappa shape index (κ2) is 7.55. The number of nitrogens with zero attached hydrogens (tertiary/aromatic N) is 1. The van der Waals surface area contributed by atoms with Crippen LogP contribution in [0.3, 0.4) is 0 Å². The molecule has 0 aliphatic heterocycles. The number of thiophene rings is 1. The normalized spacial score (nSPS) is 11.0. The van der Waals surface area contributed by atoms with E-state index < -0.39 is 0 Å². The average molecular weight is 399 g/mol. The summed E-state index contributed by atoms with van der Waals surface area (Å²) in [4.78, 5) is 12.8. The van der Waals surface area contributed by atoms with Crippen molar-refractivity contribution in [2.45, 2.75) is 13.1 Å². The number of amides is 1. The zero-order chi connectivity index (χ0) is 18.8. The van der Waals surface area contributed by atoms with Gasteiger partial charge in [0.05, 0.1) is 10.2 Å². The summed E-state index contributed by atoms with van der Waals surface area (Å²) in [6.45, 7) is 0.816. The number of rotatable bonds is 5. The van der Waals surface area contributed by atoms with E-state index in [1.807, 2.05) is 46.3 Å². The van der Waals surface area contributed by atoms with E-state index in [1.165, 1.54) is 12.1 Å². The van der Waals surface area contributed by atoms with Gasteiger partial charge in [-0.1, -0.05) is 35.9 Å². The summed E-state index contributed by atoms with van der Waals surface area (Å²) in [5.41, 5.74) is 3.33. The van der Waals surface area contributed by atoms with Gasteiger partial charge in [0, 0.05) is 18.1 Å². The molecule has 2 aromatic carbocycles. The Hall–Kier alpha value is -2.63. The van der Waals surface area contributed by atoms with Crippen molar-refractivity contribution < 1.29 is 9.18 Å². The summed E-state index contributed by atoms with van der Waals surface area (Å²) in [7, 11) is 0. The smallest absolute Gasteiger partial charge is 0.268 e. The fraction of sp³-hybridized carbons (Fsp3) is 0.0952. The van der Waals surface area contributed by atoms with Crippen LogP contribution in [0.5, 0.6) is 0 Å². The van der Waals surface area contributed by atoms with Gasteiger partial charge < -0.3 is 9.88 Å². The van der Waals surface area contributed by atoms with Crippen molar-refractivity contribution in [2.75, 3.05) is 0 Å². The minimum absolute atomic E-state index is 0.190. The van der Waals surface area contributed by atoms with E-state index in [1.54, 1.807) is 23.5 Å². The van der Waals surface area contributed by atoms with Crippen LogP contribution in [0.25, 0.3) is 10.2 Å². The molecular formula is C21H16ClFN2OS. The Bertz CT molecular complexity index is 1120. The highest BCUT2D eigenvalue weighted by atomic mass is 35.5. The molecule has 1 N–H and O–H groups in total. The average Bonchev–Trinajstić information content (AvgIpc) is 3.23. The standard InChI is InChI=1S/C21H16ClFN2OS/c22-16-5-1-4-15(9-16)13-25-18-7-8-27-20(18)11-19(25)21(26)24-12-14-3-2-6-17(23)10-14/h1-11H,12-13H2,(H,24,26). The highest BCUT2D eigenvalue weighted by molar-refractivity contribution is 7.17. The van der Waals surface area contributed by atoms with Crippen LogP contribution in [0.1, 0.15) is 21.6 Å². The monoisotopic (exact) mass is 398 g/mol. The van der Waals surface area contributed by atoms with Crippen LogP contribution in [0.4, 0.5) is 4.39 Å². The zero-order valence-electron chi connectivity index (χ0n) is 14.3. The Kier molecular flexibility index (Phi) is 4.97. The first-order valence-electron chi connectivity index (χ1n) is 8.44. The fourth-order valence-electron chi connectivity index (χ4n) is 3.07. The summed E-state index contributed by atoms with van der Waals surface area (Å²) >= 11 is 7.69. The van der Waals surface area contributed by atoms with Crippen molar-refractivity contribution in [2.24, 2.45) is 0 Å². The van der Waals surface area contributed by atoms with Gasteiger partial charge >= 0.3 is 0 Å². The van der Waals surface area contributed by atoms with E-state index in [9.17, 15) is 9.18 Å². The van der Waals surface area contributed by atoms with Gasteiger partial charge in [0.2, 0.25) is 0 Å². The van der Waals surface area contributed by atoms with E-state index >= 15 is 0 Å². The maximum Gasteiger partial charge on any atom is 0.268 e. The zero-order valence-corrected chi connectivity index (χ0v) is 15.9. The summed E-state index contributed by atoms with van der Waals surface area (Å²) in [6.07, 6.45) is 0. The second-order valence-electron chi connectivity index (χ2n) is 6.23. The lowest BCUT2D eigenvalue weighted by Crippen LogP contribution is -2.25. The number of aromatic nitrogens is 1. The quantitative estimate of drug-likeness (QED) is 0.475. The number of nitrogens with one attached hydrogen (secondary N) is 1. The van der Waals surface area contributed by atoms with Gasteiger partial charge in [-0.05, 0) is 52.9 Å². The third-order valence-electron chi connectivity index (χ3n) is 4.33. The van der Waals surface area contributed by atoms with Crippen molar-refractivity contribution in [1.29, 1.82) is 0 Å². The summed E-state index contributed by atoms with van der Waals surface area (Å²) < 4.78 is 16.4. The van der Waals surface area contributed by atoms with Gasteiger partial charge in [0.1, 0.15) is 11.5 Å². The molecule has 0 saturated heterocycles. The van der Waals surface area contributed by atoms with Gasteiger partial charge in [0.15, 0.2) is 0 Å². The highest BCUT2D eigenvalue weighted by Crippen LogP contribution is 2.27. The van der Waals surface area contributed by atoms with Crippen LogP contribution in [-0.2, 0) is 13.1 Å². The highest BCUT2D eigenvalue weighted by Gasteiger charge is 2.16. The van der Waals surface area contributed by atoms with E-state index in [0.29, 0.717) is 17.3 Å². The molecule has 3 nitrogen and oxygen atoms in total. The van der Waals surface area contributed by atoms with Gasteiger partial charge in [0.25, 0.3) is 5.91 Å². The lowest BCUT2D eigenvalue weighted by molar-refractivity contribution is 0.0942. The Morgan fingerprint density at radius 3 is 2.70 bits per heavy atom. The first kappa shape index (κ1) is 17.8. The number of carbonyl (C=O) groups excluding carboxylic acids is 1. The summed E-state index contributed by atoms with van der Waals surface area (Å²) in [5.74, 6) is -0.503. The largest absolute Gasteiger partial charge is 0.347 e. The molecule has 2 aromatic heterocycles. The van der Waals surface area contributed by atoms with Crippen LogP contribution >= 0.6 is 22.9 Å². The van der Waals surface area contributed by atoms with E-state index in [0.717, 1.165) is 21.3 Å². The molecule has 27 heavy (non-hydrogen) atoms. The molecule has 1 amide bonds. The second-order valence-corrected chi connectivity index (χ2v) is 7.61. The first-order valence-corrected chi connectivity index (χ1v) is 9.70. The molecule has 0 spiro atoms. The van der Waals surface area contributed by atoms with Gasteiger partial charge in [-0.2, -0.15) is 0 Å². The number of hydrogen-bond donors (Lipinski definition) is 1. The van der Waals surface area contributed by atoms with Crippen molar-refractivity contribution in [3.8, 4) is 0 Å². The number of carbonyl (C=O) groups is 1. The van der Waals surface area contributed by atoms with Crippen molar-refractivity contribution >= 4 is 39.1 Å². The molecule has 0 bridgehead atoms. The van der Waals surface area contributed by atoms with Gasteiger partial charge in [-0.3, -0.25) is 4.79 Å². The van der Waals surface area contributed by atoms with Crippen molar-refractivity contribution in [3.63, 3.8) is 0 Å². The maximum absolute atomic E-state index is 13.3. The molecule has 0 fully saturated rings. The fourth-order valence-corrected chi connectivity index (χ4v) is 4.11. The minimum atomic E-state index is -0.313. The van der Waals surface area contributed by atoms with E-state index in [-0.39, 0.29) is 18.3 Å². The first-order chi connectivity index (χ1) is 13.1. The molecule has 0 atom stereocenters. The number of benzene rings is 2. The number of halogens is 2. The lowest BCUT2D eigenvalue weighted by atomic mass is 10.2.